The third-order valence-electron chi connectivity index (χ3n) is 2.57. The van der Waals surface area contributed by atoms with Crippen molar-refractivity contribution in [1.29, 1.82) is 5.41 Å². The Bertz CT molecular complexity index is 450. The molecule has 7 nitrogen and oxygen atoms in total. The van der Waals surface area contributed by atoms with E-state index in [1.807, 2.05) is 0 Å². The molecule has 0 aromatic carbocycles. The lowest BCUT2D eigenvalue weighted by molar-refractivity contribution is 0.125. The molecule has 2 aliphatic heterocycles. The molecule has 96 valence electrons. The van der Waals surface area contributed by atoms with Crippen LogP contribution in [0.3, 0.4) is 0 Å². The van der Waals surface area contributed by atoms with Crippen molar-refractivity contribution >= 4 is 32.9 Å². The number of nitrogens with zero attached hydrogens (tertiary/aromatic N) is 1. The molecular weight excluding hydrogens is 266 g/mol. The number of thioether (sulfide) groups is 1. The van der Waals surface area contributed by atoms with Gasteiger partial charge in [-0.25, -0.2) is 18.6 Å². The smallest absolute Gasteiger partial charge is 0.426 e. The van der Waals surface area contributed by atoms with Crippen molar-refractivity contribution in [2.45, 2.75) is 18.2 Å². The summed E-state index contributed by atoms with van der Waals surface area (Å²) in [4.78, 5) is 11.3. The monoisotopic (exact) mass is 279 g/mol. The van der Waals surface area contributed by atoms with E-state index in [0.717, 1.165) is 0 Å². The average molecular weight is 279 g/mol. The SMILES string of the molecule is CCOC(=O)NN1C(=N)SC2CS(=O)(=O)CC21. The summed E-state index contributed by atoms with van der Waals surface area (Å²) in [5, 5.41) is 8.96. The Kier molecular flexibility index (Phi) is 3.21. The van der Waals surface area contributed by atoms with Gasteiger partial charge in [0.05, 0.1) is 24.2 Å². The van der Waals surface area contributed by atoms with Crippen molar-refractivity contribution in [1.82, 2.24) is 10.4 Å². The van der Waals surface area contributed by atoms with Gasteiger partial charge in [0, 0.05) is 5.25 Å². The maximum absolute atomic E-state index is 11.5. The molecule has 2 fully saturated rings. The average Bonchev–Trinajstić information content (AvgIpc) is 2.62. The molecule has 2 N–H and O–H groups in total. The Balaban J connectivity index is 2.07. The summed E-state index contributed by atoms with van der Waals surface area (Å²) in [6.07, 6.45) is -0.664. The Labute approximate surface area is 103 Å². The fourth-order valence-electron chi connectivity index (χ4n) is 1.90. The summed E-state index contributed by atoms with van der Waals surface area (Å²) in [6, 6.07) is -0.359. The number of nitrogens with one attached hydrogen (secondary N) is 2. The number of carbonyl (C=O) groups excluding carboxylic acids is 1. The van der Waals surface area contributed by atoms with E-state index in [-0.39, 0.29) is 34.6 Å². The molecule has 1 amide bonds. The van der Waals surface area contributed by atoms with Gasteiger partial charge in [-0.15, -0.1) is 0 Å². The first kappa shape index (κ1) is 12.5. The van der Waals surface area contributed by atoms with Crippen molar-refractivity contribution in [3.05, 3.63) is 0 Å². The van der Waals surface area contributed by atoms with Gasteiger partial charge < -0.3 is 4.74 Å². The Morgan fingerprint density at radius 2 is 2.35 bits per heavy atom. The molecule has 2 unspecified atom stereocenters. The third kappa shape index (κ3) is 2.49. The Morgan fingerprint density at radius 1 is 1.65 bits per heavy atom. The van der Waals surface area contributed by atoms with Crippen molar-refractivity contribution < 1.29 is 17.9 Å². The van der Waals surface area contributed by atoms with E-state index in [0.29, 0.717) is 0 Å². The van der Waals surface area contributed by atoms with Crippen molar-refractivity contribution in [3.8, 4) is 0 Å². The second-order valence-corrected chi connectivity index (χ2v) is 7.19. The van der Waals surface area contributed by atoms with Crippen molar-refractivity contribution in [2.75, 3.05) is 18.1 Å². The van der Waals surface area contributed by atoms with Gasteiger partial charge in [-0.2, -0.15) is 0 Å². The first-order chi connectivity index (χ1) is 7.93. The van der Waals surface area contributed by atoms with E-state index < -0.39 is 15.9 Å². The minimum Gasteiger partial charge on any atom is -0.449 e. The number of hydrazine groups is 1. The van der Waals surface area contributed by atoms with E-state index in [4.69, 9.17) is 10.1 Å². The summed E-state index contributed by atoms with van der Waals surface area (Å²) >= 11 is 1.17. The fraction of sp³-hybridized carbons (Fsp3) is 0.750. The van der Waals surface area contributed by atoms with Crippen LogP contribution in [0.25, 0.3) is 0 Å². The molecule has 2 saturated heterocycles. The number of rotatable bonds is 2. The molecule has 0 aromatic heterocycles. The lowest BCUT2D eigenvalue weighted by Gasteiger charge is -2.23. The number of amidine groups is 1. The van der Waals surface area contributed by atoms with Gasteiger partial charge in [-0.3, -0.25) is 10.4 Å². The van der Waals surface area contributed by atoms with E-state index in [1.165, 1.54) is 16.8 Å². The van der Waals surface area contributed by atoms with Crippen molar-refractivity contribution in [3.63, 3.8) is 0 Å². The summed E-state index contributed by atoms with van der Waals surface area (Å²) in [7, 11) is -3.06. The van der Waals surface area contributed by atoms with Gasteiger partial charge >= 0.3 is 6.09 Å². The van der Waals surface area contributed by atoms with Crippen LogP contribution in [0.2, 0.25) is 0 Å². The molecule has 2 heterocycles. The van der Waals surface area contributed by atoms with Gasteiger partial charge in [-0.1, -0.05) is 11.8 Å². The van der Waals surface area contributed by atoms with Crippen LogP contribution < -0.4 is 5.43 Å². The van der Waals surface area contributed by atoms with E-state index in [2.05, 4.69) is 5.43 Å². The number of amides is 1. The molecule has 0 radical (unpaired) electrons. The van der Waals surface area contributed by atoms with Crippen LogP contribution in [0.15, 0.2) is 0 Å². The summed E-state index contributed by atoms with van der Waals surface area (Å²) in [5.74, 6) is 0.0329. The lowest BCUT2D eigenvalue weighted by Crippen LogP contribution is -2.49. The topological polar surface area (TPSA) is 99.6 Å². The fourth-order valence-corrected chi connectivity index (χ4v) is 5.63. The highest BCUT2D eigenvalue weighted by atomic mass is 32.2. The van der Waals surface area contributed by atoms with Crippen LogP contribution in [-0.2, 0) is 14.6 Å². The number of carbonyl (C=O) groups is 1. The summed E-state index contributed by atoms with van der Waals surface area (Å²) in [5.41, 5.74) is 2.40. The minimum absolute atomic E-state index is 0.0283. The Morgan fingerprint density at radius 3 is 3.00 bits per heavy atom. The minimum atomic E-state index is -3.06. The maximum Gasteiger partial charge on any atom is 0.426 e. The molecule has 2 atom stereocenters. The van der Waals surface area contributed by atoms with Crippen molar-refractivity contribution in [2.24, 2.45) is 0 Å². The standard InChI is InChI=1S/C8H13N3O4S2/c1-2-15-8(12)10-11-5-3-17(13,14)4-6(5)16-7(11)9/h5-6,9H,2-4H2,1H3,(H,10,12). The second kappa shape index (κ2) is 4.37. The molecule has 2 aliphatic rings. The highest BCUT2D eigenvalue weighted by Crippen LogP contribution is 2.36. The second-order valence-electron chi connectivity index (χ2n) is 3.81. The number of hydrogen-bond donors (Lipinski definition) is 2. The van der Waals surface area contributed by atoms with Crippen LogP contribution in [0.1, 0.15) is 6.92 Å². The largest absolute Gasteiger partial charge is 0.449 e. The molecule has 0 spiro atoms. The van der Waals surface area contributed by atoms with Gasteiger partial charge in [0.15, 0.2) is 15.0 Å². The predicted octanol–water partition coefficient (Wildman–Crippen LogP) is -0.203. The zero-order chi connectivity index (χ0) is 12.6. The highest BCUT2D eigenvalue weighted by molar-refractivity contribution is 8.15. The lowest BCUT2D eigenvalue weighted by atomic mass is 10.2. The van der Waals surface area contributed by atoms with Crippen LogP contribution in [-0.4, -0.2) is 54.1 Å². The molecule has 0 aliphatic carbocycles. The quantitative estimate of drug-likeness (QED) is 0.726. The molecule has 0 aromatic rings. The first-order valence-electron chi connectivity index (χ1n) is 5.11. The third-order valence-corrected chi connectivity index (χ3v) is 5.70. The van der Waals surface area contributed by atoms with Crippen LogP contribution in [0.5, 0.6) is 0 Å². The molecule has 2 rings (SSSR count). The normalized spacial score (nSPS) is 30.2. The highest BCUT2D eigenvalue weighted by Gasteiger charge is 2.49. The van der Waals surface area contributed by atoms with Gasteiger partial charge in [0.2, 0.25) is 0 Å². The summed E-state index contributed by atoms with van der Waals surface area (Å²) in [6.45, 7) is 1.90. The van der Waals surface area contributed by atoms with E-state index in [9.17, 15) is 13.2 Å². The number of hydrogen-bond acceptors (Lipinski definition) is 6. The van der Waals surface area contributed by atoms with Crippen LogP contribution in [0, 0.1) is 5.41 Å². The first-order valence-corrected chi connectivity index (χ1v) is 7.81. The summed E-state index contributed by atoms with van der Waals surface area (Å²) < 4.78 is 27.6. The Hall–Kier alpha value is -0.960. The number of sulfone groups is 1. The number of fused-ring (bicyclic) bond motifs is 1. The van der Waals surface area contributed by atoms with Gasteiger partial charge in [-0.05, 0) is 6.92 Å². The zero-order valence-electron chi connectivity index (χ0n) is 9.17. The van der Waals surface area contributed by atoms with E-state index in [1.54, 1.807) is 6.92 Å². The van der Waals surface area contributed by atoms with Crippen LogP contribution in [0.4, 0.5) is 4.79 Å². The molecular formula is C8H13N3O4S2. The maximum atomic E-state index is 11.5. The predicted molar refractivity (Wildman–Crippen MR) is 63.5 cm³/mol. The van der Waals surface area contributed by atoms with E-state index >= 15 is 0 Å². The molecule has 0 bridgehead atoms. The van der Waals surface area contributed by atoms with Gasteiger partial charge in [0.25, 0.3) is 0 Å². The molecule has 9 heteroatoms. The van der Waals surface area contributed by atoms with Gasteiger partial charge in [0.1, 0.15) is 0 Å². The molecule has 17 heavy (non-hydrogen) atoms. The number of ether oxygens (including phenoxy) is 1. The van der Waals surface area contributed by atoms with Crippen LogP contribution >= 0.6 is 11.8 Å². The molecule has 0 saturated carbocycles. The zero-order valence-corrected chi connectivity index (χ0v) is 10.8.